The van der Waals surface area contributed by atoms with Crippen molar-refractivity contribution < 1.29 is 5.11 Å². The molecule has 1 aromatic carbocycles. The molecule has 0 amide bonds. The predicted molar refractivity (Wildman–Crippen MR) is 122 cm³/mol. The third kappa shape index (κ3) is 4.65. The summed E-state index contributed by atoms with van der Waals surface area (Å²) < 4.78 is 0. The first kappa shape index (κ1) is 21.4. The molecule has 3 rings (SSSR count). The number of nitrogens with two attached hydrogens (primary N) is 2. The summed E-state index contributed by atoms with van der Waals surface area (Å²) >= 11 is 0. The molecule has 8 heteroatoms. The van der Waals surface area contributed by atoms with Gasteiger partial charge in [-0.15, -0.1) is 0 Å². The second-order valence-corrected chi connectivity index (χ2v) is 7.54. The number of nitrogens with zero attached hydrogens (tertiary/aromatic N) is 4. The fraction of sp³-hybridized carbons (Fsp3) is 0.364. The molecule has 1 aromatic heterocycles. The lowest BCUT2D eigenvalue weighted by Gasteiger charge is -2.35. The van der Waals surface area contributed by atoms with Gasteiger partial charge in [-0.2, -0.15) is 0 Å². The second kappa shape index (κ2) is 9.49. The van der Waals surface area contributed by atoms with Crippen molar-refractivity contribution in [2.24, 2.45) is 16.6 Å². The Kier molecular flexibility index (Phi) is 6.79. The molecule has 6 N–H and O–H groups in total. The molecule has 8 nitrogen and oxygen atoms in total. The zero-order valence-electron chi connectivity index (χ0n) is 17.4. The van der Waals surface area contributed by atoms with Crippen LogP contribution in [0.4, 0.5) is 11.5 Å². The lowest BCUT2D eigenvalue weighted by molar-refractivity contribution is 0.115. The van der Waals surface area contributed by atoms with E-state index in [0.717, 1.165) is 42.9 Å². The van der Waals surface area contributed by atoms with Crippen molar-refractivity contribution in [1.82, 2.24) is 9.97 Å². The van der Waals surface area contributed by atoms with Crippen molar-refractivity contribution in [2.45, 2.75) is 25.9 Å². The van der Waals surface area contributed by atoms with Crippen LogP contribution in [0.2, 0.25) is 0 Å². The zero-order chi connectivity index (χ0) is 21.7. The van der Waals surface area contributed by atoms with Crippen molar-refractivity contribution in [2.75, 3.05) is 30.8 Å². The van der Waals surface area contributed by atoms with Crippen LogP contribution < -0.4 is 16.4 Å². The Balaban J connectivity index is 1.90. The first-order valence-corrected chi connectivity index (χ1v) is 10.0. The minimum absolute atomic E-state index is 0.214. The van der Waals surface area contributed by atoms with E-state index in [-0.39, 0.29) is 17.7 Å². The van der Waals surface area contributed by atoms with Crippen molar-refractivity contribution in [3.05, 3.63) is 53.6 Å². The van der Waals surface area contributed by atoms with Crippen LogP contribution in [-0.2, 0) is 0 Å². The highest BCUT2D eigenvalue weighted by Crippen LogP contribution is 2.26. The first-order valence-electron chi connectivity index (χ1n) is 10.0. The molecule has 1 fully saturated rings. The van der Waals surface area contributed by atoms with E-state index in [0.29, 0.717) is 16.9 Å². The molecule has 0 radical (unpaired) electrons. The second-order valence-electron chi connectivity index (χ2n) is 7.54. The van der Waals surface area contributed by atoms with Crippen LogP contribution in [0.3, 0.4) is 0 Å². The molecule has 1 aliphatic rings. The summed E-state index contributed by atoms with van der Waals surface area (Å²) in [4.78, 5) is 14.9. The quantitative estimate of drug-likeness (QED) is 0.427. The van der Waals surface area contributed by atoms with Gasteiger partial charge in [-0.25, -0.2) is 9.97 Å². The minimum Gasteiger partial charge on any atom is -0.404 e. The number of rotatable bonds is 6. The van der Waals surface area contributed by atoms with E-state index in [1.54, 1.807) is 19.3 Å². The highest BCUT2D eigenvalue weighted by atomic mass is 16.3. The van der Waals surface area contributed by atoms with Gasteiger partial charge < -0.3 is 21.5 Å². The number of aliphatic hydroxyl groups is 1. The Labute approximate surface area is 176 Å². The molecule has 0 aliphatic carbocycles. The van der Waals surface area contributed by atoms with Crippen molar-refractivity contribution >= 4 is 29.0 Å². The van der Waals surface area contributed by atoms with Crippen LogP contribution in [-0.4, -0.2) is 53.2 Å². The summed E-state index contributed by atoms with van der Waals surface area (Å²) in [6.45, 7) is 3.43. The number of aliphatic imine (C=N–C) groups is 1. The van der Waals surface area contributed by atoms with Gasteiger partial charge in [0.05, 0.1) is 17.5 Å². The largest absolute Gasteiger partial charge is 0.404 e. The van der Waals surface area contributed by atoms with Crippen LogP contribution in [0.25, 0.3) is 5.57 Å². The molecule has 2 atom stereocenters. The molecule has 30 heavy (non-hydrogen) atoms. The van der Waals surface area contributed by atoms with E-state index in [9.17, 15) is 5.11 Å². The summed E-state index contributed by atoms with van der Waals surface area (Å²) in [5.74, 6) is 0.969. The van der Waals surface area contributed by atoms with E-state index < -0.39 is 0 Å². The molecule has 1 saturated heterocycles. The summed E-state index contributed by atoms with van der Waals surface area (Å²) in [5, 5.41) is 18.7. The molecule has 0 spiro atoms. The Hall–Kier alpha value is -3.26. The smallest absolute Gasteiger partial charge is 0.132 e. The van der Waals surface area contributed by atoms with Gasteiger partial charge in [-0.05, 0) is 37.5 Å². The molecule has 2 aromatic rings. The van der Waals surface area contributed by atoms with Crippen LogP contribution in [0, 0.1) is 11.3 Å². The van der Waals surface area contributed by atoms with E-state index in [1.165, 1.54) is 12.5 Å². The summed E-state index contributed by atoms with van der Waals surface area (Å²) in [6, 6.07) is 7.24. The number of aliphatic hydroxyl groups excluding tert-OH is 1. The average Bonchev–Trinajstić information content (AvgIpc) is 2.77. The predicted octanol–water partition coefficient (Wildman–Crippen LogP) is 2.07. The van der Waals surface area contributed by atoms with Crippen molar-refractivity contribution in [1.29, 1.82) is 5.41 Å². The van der Waals surface area contributed by atoms with Gasteiger partial charge in [-0.3, -0.25) is 10.4 Å². The van der Waals surface area contributed by atoms with Gasteiger partial charge in [0.2, 0.25) is 0 Å². The Bertz CT molecular complexity index is 968. The fourth-order valence-corrected chi connectivity index (χ4v) is 3.71. The van der Waals surface area contributed by atoms with Gasteiger partial charge >= 0.3 is 0 Å². The number of allylic oxidation sites excluding steroid dienone is 1. The lowest BCUT2D eigenvalue weighted by atomic mass is 9.93. The molecule has 2 unspecified atom stereocenters. The van der Waals surface area contributed by atoms with Crippen molar-refractivity contribution in [3.8, 4) is 0 Å². The van der Waals surface area contributed by atoms with Crippen LogP contribution >= 0.6 is 0 Å². The molecular formula is C22H29N7O. The number of aromatic nitrogens is 2. The SMILES string of the molecule is CN=CC(=CN)c1ccc(N)c(C(=N)c2cc(N3CCCC(C(C)O)C3)ncn2)c1. The van der Waals surface area contributed by atoms with Crippen molar-refractivity contribution in [3.63, 3.8) is 0 Å². The third-order valence-electron chi connectivity index (χ3n) is 5.48. The zero-order valence-corrected chi connectivity index (χ0v) is 17.4. The van der Waals surface area contributed by atoms with Crippen LogP contribution in [0.5, 0.6) is 0 Å². The lowest BCUT2D eigenvalue weighted by Crippen LogP contribution is -2.40. The molecule has 158 valence electrons. The fourth-order valence-electron chi connectivity index (χ4n) is 3.71. The molecule has 1 aliphatic heterocycles. The maximum absolute atomic E-state index is 9.96. The number of nitrogen functional groups attached to an aromatic ring is 1. The van der Waals surface area contributed by atoms with E-state index >= 15 is 0 Å². The Morgan fingerprint density at radius 2 is 2.17 bits per heavy atom. The third-order valence-corrected chi connectivity index (χ3v) is 5.48. The number of anilines is 2. The molecule has 0 saturated carbocycles. The first-order chi connectivity index (χ1) is 14.4. The van der Waals surface area contributed by atoms with Gasteiger partial charge in [0, 0.05) is 61.4 Å². The normalized spacial score (nSPS) is 18.6. The van der Waals surface area contributed by atoms with E-state index in [4.69, 9.17) is 16.9 Å². The van der Waals surface area contributed by atoms with Gasteiger partial charge in [0.25, 0.3) is 0 Å². The summed E-state index contributed by atoms with van der Waals surface area (Å²) in [6.07, 6.45) is 6.25. The van der Waals surface area contributed by atoms with E-state index in [1.807, 2.05) is 25.1 Å². The number of hydrogen-bond donors (Lipinski definition) is 4. The Morgan fingerprint density at radius 1 is 1.37 bits per heavy atom. The Morgan fingerprint density at radius 3 is 2.87 bits per heavy atom. The highest BCUT2D eigenvalue weighted by molar-refractivity contribution is 6.15. The number of nitrogens with one attached hydrogen (secondary N) is 1. The van der Waals surface area contributed by atoms with E-state index in [2.05, 4.69) is 19.9 Å². The number of hydrogen-bond acceptors (Lipinski definition) is 8. The summed E-state index contributed by atoms with van der Waals surface area (Å²) in [5.41, 5.74) is 15.2. The topological polar surface area (TPSA) is 138 Å². The monoisotopic (exact) mass is 407 g/mol. The van der Waals surface area contributed by atoms with Crippen LogP contribution in [0.15, 0.2) is 41.8 Å². The van der Waals surface area contributed by atoms with Gasteiger partial charge in [-0.1, -0.05) is 6.07 Å². The molecular weight excluding hydrogens is 378 g/mol. The summed E-state index contributed by atoms with van der Waals surface area (Å²) in [7, 11) is 1.68. The molecule has 2 heterocycles. The maximum atomic E-state index is 9.96. The van der Waals surface area contributed by atoms with Gasteiger partial charge in [0.15, 0.2) is 0 Å². The average molecular weight is 408 g/mol. The minimum atomic E-state index is -0.355. The maximum Gasteiger partial charge on any atom is 0.132 e. The number of benzene rings is 1. The van der Waals surface area contributed by atoms with Gasteiger partial charge in [0.1, 0.15) is 12.1 Å². The van der Waals surface area contributed by atoms with Crippen LogP contribution in [0.1, 0.15) is 36.6 Å². The highest BCUT2D eigenvalue weighted by Gasteiger charge is 2.25. The number of piperidine rings is 1. The molecule has 0 bridgehead atoms. The standard InChI is InChI=1S/C22H29N7O/c1-14(30)16-4-3-7-29(12-16)21-9-20(27-13-28-21)22(25)18-8-15(5-6-19(18)24)17(10-23)11-26-2/h5-6,8-11,13-14,16,25,30H,3-4,7,12,23-24H2,1-2H3.